The van der Waals surface area contributed by atoms with E-state index in [0.29, 0.717) is 5.56 Å². The number of ether oxygens (including phenoxy) is 1. The highest BCUT2D eigenvalue weighted by Crippen LogP contribution is 2.42. The number of quaternary nitrogens is 1. The Hall–Kier alpha value is -2.10. The van der Waals surface area contributed by atoms with E-state index in [-0.39, 0.29) is 30.5 Å². The number of carbonyl (C=O) groups is 1. The van der Waals surface area contributed by atoms with Crippen LogP contribution in [0.5, 0.6) is 0 Å². The lowest BCUT2D eigenvalue weighted by molar-refractivity contribution is -0.901. The van der Waals surface area contributed by atoms with E-state index in [1.165, 1.54) is 16.0 Å². The maximum absolute atomic E-state index is 12.5. The number of rotatable bonds is 2. The van der Waals surface area contributed by atoms with Gasteiger partial charge in [0, 0.05) is 17.6 Å². The predicted molar refractivity (Wildman–Crippen MR) is 89.2 cm³/mol. The van der Waals surface area contributed by atoms with Crippen molar-refractivity contribution in [2.45, 2.75) is 18.6 Å². The van der Waals surface area contributed by atoms with Gasteiger partial charge in [-0.1, -0.05) is 48.5 Å². The number of hydrogen-bond donors (Lipinski definition) is 1. The number of likely N-dealkylation sites (N-methyl/N-ethyl adjacent to an activating group) is 1. The summed E-state index contributed by atoms with van der Waals surface area (Å²) in [7, 11) is 2.19. The van der Waals surface area contributed by atoms with Crippen LogP contribution in [0.4, 0.5) is 0 Å². The van der Waals surface area contributed by atoms with Gasteiger partial charge in [0.15, 0.2) is 12.1 Å². The van der Waals surface area contributed by atoms with E-state index >= 15 is 0 Å². The predicted octanol–water partition coefficient (Wildman–Crippen LogP) is -0.727. The van der Waals surface area contributed by atoms with Crippen LogP contribution in [0.2, 0.25) is 0 Å². The van der Waals surface area contributed by atoms with E-state index in [9.17, 15) is 4.79 Å². The van der Waals surface area contributed by atoms with Crippen molar-refractivity contribution in [1.29, 1.82) is 0 Å². The maximum atomic E-state index is 12.5. The van der Waals surface area contributed by atoms with E-state index in [1.54, 1.807) is 12.1 Å². The smallest absolute Gasteiger partial charge is 0.338 e. The number of hydrogen-bond acceptors (Lipinski definition) is 2. The lowest BCUT2D eigenvalue weighted by Gasteiger charge is -2.30. The summed E-state index contributed by atoms with van der Waals surface area (Å²) in [6.07, 6.45) is 3.18. The third-order valence-corrected chi connectivity index (χ3v) is 4.89. The minimum absolute atomic E-state index is 0. The molecule has 1 N–H and O–H groups in total. The van der Waals surface area contributed by atoms with Gasteiger partial charge in [0.2, 0.25) is 0 Å². The van der Waals surface area contributed by atoms with Crippen molar-refractivity contribution in [2.75, 3.05) is 13.6 Å². The summed E-state index contributed by atoms with van der Waals surface area (Å²) in [6, 6.07) is 17.8. The van der Waals surface area contributed by atoms with Gasteiger partial charge in [-0.05, 0) is 17.7 Å². The zero-order chi connectivity index (χ0) is 15.8. The van der Waals surface area contributed by atoms with Gasteiger partial charge in [-0.2, -0.15) is 0 Å². The summed E-state index contributed by atoms with van der Waals surface area (Å²) in [6.45, 7) is 1.07. The first-order valence-electron chi connectivity index (χ1n) is 8.13. The quantitative estimate of drug-likeness (QED) is 0.730. The molecule has 0 amide bonds. The Balaban J connectivity index is 0.00000169. The Morgan fingerprint density at radius 3 is 2.58 bits per heavy atom. The molecular formula is C20H20ClNO2. The van der Waals surface area contributed by atoms with Crippen LogP contribution < -0.4 is 17.3 Å². The normalized spacial score (nSPS) is 24.2. The van der Waals surface area contributed by atoms with Gasteiger partial charge in [-0.3, -0.25) is 0 Å². The van der Waals surface area contributed by atoms with E-state index in [4.69, 9.17) is 4.74 Å². The molecule has 2 aliphatic rings. The molecule has 3 unspecified atom stereocenters. The van der Waals surface area contributed by atoms with E-state index in [0.717, 1.165) is 18.5 Å². The Morgan fingerprint density at radius 1 is 1.08 bits per heavy atom. The van der Waals surface area contributed by atoms with Crippen molar-refractivity contribution in [1.82, 2.24) is 0 Å². The van der Waals surface area contributed by atoms with Crippen LogP contribution >= 0.6 is 0 Å². The van der Waals surface area contributed by atoms with Gasteiger partial charge < -0.3 is 22.0 Å². The largest absolute Gasteiger partial charge is 1.00 e. The minimum Gasteiger partial charge on any atom is -1.00 e. The fourth-order valence-corrected chi connectivity index (χ4v) is 3.78. The first-order valence-corrected chi connectivity index (χ1v) is 8.13. The van der Waals surface area contributed by atoms with Crippen LogP contribution in [-0.2, 0) is 4.74 Å². The molecule has 0 aromatic heterocycles. The molecule has 0 fully saturated rings. The third kappa shape index (κ3) is 2.74. The standard InChI is InChI=1S/C20H19NO2.ClH/c1-21-13-7-12-16-15-10-5-6-11-17(15)19(18(16)21)23-20(22)14-8-3-2-4-9-14;/h2-6,8-12,18-19H,7,13H2,1H3;1H. The van der Waals surface area contributed by atoms with Gasteiger partial charge in [0.05, 0.1) is 19.2 Å². The number of benzene rings is 2. The van der Waals surface area contributed by atoms with Crippen molar-refractivity contribution in [3.05, 3.63) is 77.4 Å². The summed E-state index contributed by atoms with van der Waals surface area (Å²) in [5, 5.41) is 0. The molecule has 1 aliphatic carbocycles. The highest BCUT2D eigenvalue weighted by molar-refractivity contribution is 5.90. The second-order valence-corrected chi connectivity index (χ2v) is 6.30. The Morgan fingerprint density at radius 2 is 1.79 bits per heavy atom. The molecule has 4 rings (SSSR count). The average Bonchev–Trinajstić information content (AvgIpc) is 2.91. The Kier molecular flexibility index (Phi) is 4.74. The van der Waals surface area contributed by atoms with E-state index < -0.39 is 0 Å². The lowest BCUT2D eigenvalue weighted by Crippen LogP contribution is -3.14. The summed E-state index contributed by atoms with van der Waals surface area (Å²) in [5.74, 6) is -0.245. The minimum atomic E-state index is -0.245. The summed E-state index contributed by atoms with van der Waals surface area (Å²) >= 11 is 0. The summed E-state index contributed by atoms with van der Waals surface area (Å²) in [5.41, 5.74) is 4.31. The SMILES string of the molecule is C[NH+]1CCC=C2c3ccccc3C(OC(=O)c3ccccc3)C21.[Cl-]. The molecule has 1 heterocycles. The Bertz CT molecular complexity index is 772. The third-order valence-electron chi connectivity index (χ3n) is 4.89. The zero-order valence-electron chi connectivity index (χ0n) is 13.5. The zero-order valence-corrected chi connectivity index (χ0v) is 14.3. The molecule has 3 atom stereocenters. The number of halogens is 1. The van der Waals surface area contributed by atoms with Crippen molar-refractivity contribution in [3.8, 4) is 0 Å². The van der Waals surface area contributed by atoms with Crippen LogP contribution in [0.3, 0.4) is 0 Å². The van der Waals surface area contributed by atoms with Crippen molar-refractivity contribution >= 4 is 11.5 Å². The molecule has 0 saturated carbocycles. The van der Waals surface area contributed by atoms with Crippen LogP contribution in [0.1, 0.15) is 34.0 Å². The summed E-state index contributed by atoms with van der Waals surface area (Å²) in [4.78, 5) is 13.9. The average molecular weight is 342 g/mol. The first kappa shape index (κ1) is 16.7. The molecular weight excluding hydrogens is 322 g/mol. The molecule has 2 aromatic rings. The highest BCUT2D eigenvalue weighted by Gasteiger charge is 2.45. The topological polar surface area (TPSA) is 30.7 Å². The van der Waals surface area contributed by atoms with Gasteiger partial charge in [0.1, 0.15) is 0 Å². The molecule has 124 valence electrons. The van der Waals surface area contributed by atoms with Gasteiger partial charge in [-0.15, -0.1) is 0 Å². The second kappa shape index (κ2) is 6.80. The van der Waals surface area contributed by atoms with E-state index in [1.807, 2.05) is 24.3 Å². The van der Waals surface area contributed by atoms with Crippen LogP contribution in [-0.4, -0.2) is 25.6 Å². The first-order chi connectivity index (χ1) is 11.3. The molecule has 0 bridgehead atoms. The second-order valence-electron chi connectivity index (χ2n) is 6.30. The van der Waals surface area contributed by atoms with Gasteiger partial charge in [-0.25, -0.2) is 4.79 Å². The van der Waals surface area contributed by atoms with Crippen LogP contribution in [0.25, 0.3) is 5.57 Å². The Labute approximate surface area is 148 Å². The highest BCUT2D eigenvalue weighted by atomic mass is 35.5. The molecule has 24 heavy (non-hydrogen) atoms. The monoisotopic (exact) mass is 341 g/mol. The van der Waals surface area contributed by atoms with Crippen molar-refractivity contribution in [2.24, 2.45) is 0 Å². The number of esters is 1. The van der Waals surface area contributed by atoms with E-state index in [2.05, 4.69) is 31.3 Å². The van der Waals surface area contributed by atoms with Gasteiger partial charge >= 0.3 is 5.97 Å². The fraction of sp³-hybridized carbons (Fsp3) is 0.250. The molecule has 3 nitrogen and oxygen atoms in total. The molecule has 0 saturated heterocycles. The fourth-order valence-electron chi connectivity index (χ4n) is 3.78. The van der Waals surface area contributed by atoms with Crippen molar-refractivity contribution < 1.29 is 26.8 Å². The molecule has 0 radical (unpaired) electrons. The number of carbonyl (C=O) groups excluding carboxylic acids is 1. The molecule has 2 aromatic carbocycles. The summed E-state index contributed by atoms with van der Waals surface area (Å²) < 4.78 is 5.96. The van der Waals surface area contributed by atoms with Crippen LogP contribution in [0.15, 0.2) is 60.7 Å². The van der Waals surface area contributed by atoms with Gasteiger partial charge in [0.25, 0.3) is 0 Å². The lowest BCUT2D eigenvalue weighted by atomic mass is 9.99. The number of nitrogens with one attached hydrogen (secondary N) is 1. The molecule has 1 aliphatic heterocycles. The van der Waals surface area contributed by atoms with Crippen molar-refractivity contribution in [3.63, 3.8) is 0 Å². The number of fused-ring (bicyclic) bond motifs is 3. The maximum Gasteiger partial charge on any atom is 0.338 e. The molecule has 0 spiro atoms. The van der Waals surface area contributed by atoms with Crippen LogP contribution in [0, 0.1) is 0 Å². The molecule has 4 heteroatoms.